The minimum absolute atomic E-state index is 0.0219. The standard InChI is InChI=1S/C21H20N4O4/c1-12-11-28-18-5-4-14(6-7-21(3,27)19-8-13(2)29-24-19)9-17(18)25-16(12)10-15(23-25)20(22)26/h4-5,8-10,12,27H,11H2,1-3H3,(H2,22,26)/t12-,21-/m0/s1. The van der Waals surface area contributed by atoms with Crippen LogP contribution in [0, 0.1) is 18.8 Å². The predicted octanol–water partition coefficient (Wildman–Crippen LogP) is 2.02. The van der Waals surface area contributed by atoms with Gasteiger partial charge in [0.15, 0.2) is 11.3 Å². The molecule has 1 amide bonds. The Morgan fingerprint density at radius 3 is 2.86 bits per heavy atom. The lowest BCUT2D eigenvalue weighted by Crippen LogP contribution is -2.18. The second-order valence-electron chi connectivity index (χ2n) is 7.27. The van der Waals surface area contributed by atoms with Crippen LogP contribution in [0.15, 0.2) is 34.9 Å². The van der Waals surface area contributed by atoms with Crippen molar-refractivity contribution >= 4 is 5.91 Å². The smallest absolute Gasteiger partial charge is 0.269 e. The Kier molecular flexibility index (Phi) is 4.40. The lowest BCUT2D eigenvalue weighted by Gasteiger charge is -2.12. The fraction of sp³-hybridized carbons (Fsp3) is 0.286. The largest absolute Gasteiger partial charge is 0.491 e. The van der Waals surface area contributed by atoms with Crippen LogP contribution in [0.2, 0.25) is 0 Å². The highest BCUT2D eigenvalue weighted by atomic mass is 16.5. The van der Waals surface area contributed by atoms with Crippen molar-refractivity contribution < 1.29 is 19.2 Å². The molecule has 0 fully saturated rings. The Bertz CT molecular complexity index is 1160. The maximum Gasteiger partial charge on any atom is 0.269 e. The SMILES string of the molecule is Cc1cc([C@@](C)(O)C#Cc2ccc3c(c2)-n2nc(C(N)=O)cc2[C@@H](C)CO3)no1. The van der Waals surface area contributed by atoms with Crippen LogP contribution >= 0.6 is 0 Å². The molecule has 1 aromatic carbocycles. The number of benzene rings is 1. The summed E-state index contributed by atoms with van der Waals surface area (Å²) in [7, 11) is 0. The van der Waals surface area contributed by atoms with Crippen molar-refractivity contribution in [2.75, 3.05) is 6.61 Å². The van der Waals surface area contributed by atoms with Crippen LogP contribution in [0.4, 0.5) is 0 Å². The van der Waals surface area contributed by atoms with Crippen LogP contribution in [0.1, 0.15) is 53.0 Å². The molecule has 0 saturated heterocycles. The van der Waals surface area contributed by atoms with Gasteiger partial charge in [-0.3, -0.25) is 4.79 Å². The van der Waals surface area contributed by atoms with Gasteiger partial charge in [-0.15, -0.1) is 0 Å². The van der Waals surface area contributed by atoms with Crippen LogP contribution in [0.3, 0.4) is 0 Å². The summed E-state index contributed by atoms with van der Waals surface area (Å²) >= 11 is 0. The highest BCUT2D eigenvalue weighted by molar-refractivity contribution is 5.91. The van der Waals surface area contributed by atoms with Crippen molar-refractivity contribution in [2.45, 2.75) is 32.3 Å². The first kappa shape index (κ1) is 18.8. The number of hydrogen-bond acceptors (Lipinski definition) is 6. The minimum Gasteiger partial charge on any atom is -0.491 e. The number of hydrogen-bond donors (Lipinski definition) is 2. The van der Waals surface area contributed by atoms with E-state index in [4.69, 9.17) is 15.0 Å². The van der Waals surface area contributed by atoms with E-state index in [1.807, 2.05) is 6.92 Å². The molecule has 3 heterocycles. The third-order valence-corrected chi connectivity index (χ3v) is 4.75. The molecule has 29 heavy (non-hydrogen) atoms. The van der Waals surface area contributed by atoms with Crippen molar-refractivity contribution in [3.63, 3.8) is 0 Å². The first-order valence-electron chi connectivity index (χ1n) is 9.11. The van der Waals surface area contributed by atoms with E-state index in [-0.39, 0.29) is 11.6 Å². The Morgan fingerprint density at radius 1 is 1.38 bits per heavy atom. The first-order valence-corrected chi connectivity index (χ1v) is 9.11. The molecule has 0 saturated carbocycles. The summed E-state index contributed by atoms with van der Waals surface area (Å²) < 4.78 is 12.6. The minimum atomic E-state index is -1.47. The van der Waals surface area contributed by atoms with Gasteiger partial charge in [-0.2, -0.15) is 5.10 Å². The van der Waals surface area contributed by atoms with Crippen LogP contribution in [0.25, 0.3) is 5.69 Å². The number of aromatic nitrogens is 3. The topological polar surface area (TPSA) is 116 Å². The Balaban J connectivity index is 1.76. The number of amides is 1. The van der Waals surface area contributed by atoms with Crippen molar-refractivity contribution in [3.8, 4) is 23.3 Å². The number of carbonyl (C=O) groups is 1. The number of carbonyl (C=O) groups excluding carboxylic acids is 1. The molecule has 148 valence electrons. The second kappa shape index (κ2) is 6.79. The first-order chi connectivity index (χ1) is 13.7. The summed E-state index contributed by atoms with van der Waals surface area (Å²) in [4.78, 5) is 11.6. The lowest BCUT2D eigenvalue weighted by atomic mass is 10.0. The van der Waals surface area contributed by atoms with Gasteiger partial charge >= 0.3 is 0 Å². The summed E-state index contributed by atoms with van der Waals surface area (Å²) in [5, 5.41) is 18.8. The fourth-order valence-electron chi connectivity index (χ4n) is 3.10. The van der Waals surface area contributed by atoms with Crippen molar-refractivity contribution in [2.24, 2.45) is 5.73 Å². The van der Waals surface area contributed by atoms with Gasteiger partial charge < -0.3 is 20.1 Å². The molecule has 8 nitrogen and oxygen atoms in total. The van der Waals surface area contributed by atoms with E-state index < -0.39 is 11.5 Å². The summed E-state index contributed by atoms with van der Waals surface area (Å²) in [5.41, 5.74) is 6.60. The predicted molar refractivity (Wildman–Crippen MR) is 104 cm³/mol. The average Bonchev–Trinajstić information content (AvgIpc) is 3.29. The van der Waals surface area contributed by atoms with Gasteiger partial charge in [-0.05, 0) is 38.1 Å². The molecule has 3 N–H and O–H groups in total. The third kappa shape index (κ3) is 3.48. The average molecular weight is 392 g/mol. The molecule has 2 atom stereocenters. The number of rotatable bonds is 2. The zero-order valence-electron chi connectivity index (χ0n) is 16.3. The van der Waals surface area contributed by atoms with Gasteiger partial charge in [0.1, 0.15) is 22.9 Å². The van der Waals surface area contributed by atoms with Crippen molar-refractivity contribution in [1.82, 2.24) is 14.9 Å². The monoisotopic (exact) mass is 392 g/mol. The number of nitrogens with zero attached hydrogens (tertiary/aromatic N) is 3. The van der Waals surface area contributed by atoms with Gasteiger partial charge in [0.25, 0.3) is 5.91 Å². The molecule has 1 aliphatic rings. The summed E-state index contributed by atoms with van der Waals surface area (Å²) in [6.45, 7) is 5.73. The van der Waals surface area contributed by atoms with Crippen LogP contribution in [0.5, 0.6) is 5.75 Å². The highest BCUT2D eigenvalue weighted by Gasteiger charge is 2.26. The van der Waals surface area contributed by atoms with Gasteiger partial charge in [-0.25, -0.2) is 4.68 Å². The Morgan fingerprint density at radius 2 is 2.17 bits per heavy atom. The van der Waals surface area contributed by atoms with Crippen LogP contribution in [-0.4, -0.2) is 32.6 Å². The van der Waals surface area contributed by atoms with E-state index in [1.54, 1.807) is 48.9 Å². The van der Waals surface area contributed by atoms with Gasteiger partial charge in [0, 0.05) is 17.5 Å². The zero-order valence-corrected chi connectivity index (χ0v) is 16.3. The van der Waals surface area contributed by atoms with Crippen molar-refractivity contribution in [3.05, 3.63) is 58.7 Å². The second-order valence-corrected chi connectivity index (χ2v) is 7.27. The molecule has 4 rings (SSSR count). The maximum atomic E-state index is 11.6. The van der Waals surface area contributed by atoms with E-state index in [0.29, 0.717) is 35.1 Å². The summed E-state index contributed by atoms with van der Waals surface area (Å²) in [5.74, 6) is 6.44. The molecule has 0 bridgehead atoms. The van der Waals surface area contributed by atoms with E-state index >= 15 is 0 Å². The molecule has 0 unspecified atom stereocenters. The highest BCUT2D eigenvalue weighted by Crippen LogP contribution is 2.32. The zero-order chi connectivity index (χ0) is 20.8. The summed E-state index contributed by atoms with van der Waals surface area (Å²) in [6, 6.07) is 8.71. The molecular formula is C21H20N4O4. The van der Waals surface area contributed by atoms with E-state index in [0.717, 1.165) is 5.69 Å². The number of nitrogens with two attached hydrogens (primary N) is 1. The molecule has 3 aromatic rings. The number of fused-ring (bicyclic) bond motifs is 3. The normalized spacial score (nSPS) is 17.0. The maximum absolute atomic E-state index is 11.6. The lowest BCUT2D eigenvalue weighted by molar-refractivity contribution is 0.0995. The molecule has 2 aromatic heterocycles. The number of primary amides is 1. The molecular weight excluding hydrogens is 372 g/mol. The van der Waals surface area contributed by atoms with Crippen LogP contribution < -0.4 is 10.5 Å². The van der Waals surface area contributed by atoms with Gasteiger partial charge in [0.05, 0.1) is 12.3 Å². The molecule has 0 spiro atoms. The van der Waals surface area contributed by atoms with E-state index in [9.17, 15) is 9.90 Å². The Hall–Kier alpha value is -3.57. The molecule has 8 heteroatoms. The quantitative estimate of drug-likeness (QED) is 0.645. The van der Waals surface area contributed by atoms with Crippen LogP contribution in [-0.2, 0) is 5.60 Å². The number of aliphatic hydroxyl groups is 1. The van der Waals surface area contributed by atoms with Gasteiger partial charge in [-0.1, -0.05) is 23.9 Å². The Labute approximate surface area is 167 Å². The molecule has 0 radical (unpaired) electrons. The number of ether oxygens (including phenoxy) is 1. The van der Waals surface area contributed by atoms with E-state index in [1.165, 1.54) is 0 Å². The molecule has 1 aliphatic heterocycles. The fourth-order valence-corrected chi connectivity index (χ4v) is 3.10. The number of aryl methyl sites for hydroxylation is 1. The van der Waals surface area contributed by atoms with E-state index in [2.05, 4.69) is 22.1 Å². The third-order valence-electron chi connectivity index (χ3n) is 4.75. The van der Waals surface area contributed by atoms with Crippen molar-refractivity contribution in [1.29, 1.82) is 0 Å². The summed E-state index contributed by atoms with van der Waals surface area (Å²) in [6.07, 6.45) is 0. The molecule has 0 aliphatic carbocycles. The van der Waals surface area contributed by atoms with Gasteiger partial charge in [0.2, 0.25) is 0 Å².